The average Bonchev–Trinajstić information content (AvgIpc) is 2.63. The smallest absolute Gasteiger partial charge is 0.330 e. The highest BCUT2D eigenvalue weighted by Gasteiger charge is 2.23. The van der Waals surface area contributed by atoms with Crippen molar-refractivity contribution < 1.29 is 9.47 Å². The van der Waals surface area contributed by atoms with Crippen molar-refractivity contribution in [2.24, 2.45) is 14.1 Å². The monoisotopic (exact) mass is 345 g/mol. The first-order chi connectivity index (χ1) is 12.0. The first-order valence-corrected chi connectivity index (χ1v) is 8.36. The van der Waals surface area contributed by atoms with Crippen molar-refractivity contribution in [3.63, 3.8) is 0 Å². The average molecular weight is 345 g/mol. The molecule has 134 valence electrons. The van der Waals surface area contributed by atoms with Crippen LogP contribution in [-0.4, -0.2) is 39.8 Å². The number of para-hydroxylation sites is 2. The quantitative estimate of drug-likeness (QED) is 0.800. The van der Waals surface area contributed by atoms with E-state index in [2.05, 4.69) is 4.90 Å². The Morgan fingerprint density at radius 1 is 1.16 bits per heavy atom. The lowest BCUT2D eigenvalue weighted by atomic mass is 10.2. The zero-order valence-corrected chi connectivity index (χ0v) is 14.8. The number of likely N-dealkylation sites (N-methyl/N-ethyl adjacent to an activating group) is 1. The molecule has 2 heterocycles. The van der Waals surface area contributed by atoms with Crippen LogP contribution in [0.2, 0.25) is 0 Å². The van der Waals surface area contributed by atoms with Gasteiger partial charge < -0.3 is 9.47 Å². The van der Waals surface area contributed by atoms with E-state index < -0.39 is 0 Å². The summed E-state index contributed by atoms with van der Waals surface area (Å²) in [5, 5.41) is 0. The van der Waals surface area contributed by atoms with Gasteiger partial charge in [-0.25, -0.2) is 4.79 Å². The fourth-order valence-corrected chi connectivity index (χ4v) is 2.91. The van der Waals surface area contributed by atoms with Crippen LogP contribution >= 0.6 is 0 Å². The lowest BCUT2D eigenvalue weighted by molar-refractivity contribution is 0.0573. The van der Waals surface area contributed by atoms with Crippen LogP contribution in [0.4, 0.5) is 0 Å². The summed E-state index contributed by atoms with van der Waals surface area (Å²) in [6.45, 7) is 4.43. The number of ether oxygens (including phenoxy) is 2. The molecule has 0 amide bonds. The van der Waals surface area contributed by atoms with E-state index in [0.717, 1.165) is 22.6 Å². The molecular weight excluding hydrogens is 322 g/mol. The van der Waals surface area contributed by atoms with E-state index in [4.69, 9.17) is 9.47 Å². The van der Waals surface area contributed by atoms with Crippen LogP contribution in [0.3, 0.4) is 0 Å². The summed E-state index contributed by atoms with van der Waals surface area (Å²) in [5.41, 5.74) is 0.0807. The van der Waals surface area contributed by atoms with Crippen LogP contribution in [0.5, 0.6) is 11.5 Å². The largest absolute Gasteiger partial charge is 0.486 e. The molecule has 7 nitrogen and oxygen atoms in total. The van der Waals surface area contributed by atoms with E-state index in [9.17, 15) is 9.59 Å². The number of nitrogens with zero attached hydrogens (tertiary/aromatic N) is 3. The lowest BCUT2D eigenvalue weighted by Gasteiger charge is -2.31. The van der Waals surface area contributed by atoms with Gasteiger partial charge in [0.15, 0.2) is 11.5 Å². The summed E-state index contributed by atoms with van der Waals surface area (Å²) in [5.74, 6) is 1.51. The van der Waals surface area contributed by atoms with Crippen molar-refractivity contribution in [3.8, 4) is 11.5 Å². The number of hydrogen-bond acceptors (Lipinski definition) is 5. The van der Waals surface area contributed by atoms with Crippen LogP contribution in [0, 0.1) is 0 Å². The molecule has 0 N–H and O–H groups in total. The third-order valence-corrected chi connectivity index (χ3v) is 4.49. The summed E-state index contributed by atoms with van der Waals surface area (Å²) in [6.07, 6.45) is -0.0987. The maximum absolute atomic E-state index is 12.1. The molecule has 1 aliphatic heterocycles. The van der Waals surface area contributed by atoms with Gasteiger partial charge in [-0.1, -0.05) is 19.1 Å². The van der Waals surface area contributed by atoms with Crippen LogP contribution in [-0.2, 0) is 20.6 Å². The fourth-order valence-electron chi connectivity index (χ4n) is 2.91. The summed E-state index contributed by atoms with van der Waals surface area (Å²) in [4.78, 5) is 26.1. The molecule has 0 radical (unpaired) electrons. The van der Waals surface area contributed by atoms with Gasteiger partial charge in [0.2, 0.25) is 0 Å². The zero-order chi connectivity index (χ0) is 18.0. The number of benzene rings is 1. The van der Waals surface area contributed by atoms with Gasteiger partial charge in [-0.2, -0.15) is 0 Å². The van der Waals surface area contributed by atoms with E-state index in [-0.39, 0.29) is 17.4 Å². The second-order valence-corrected chi connectivity index (χ2v) is 6.20. The third kappa shape index (κ3) is 3.61. The maximum atomic E-state index is 12.1. The van der Waals surface area contributed by atoms with E-state index >= 15 is 0 Å². The molecule has 1 atom stereocenters. The SMILES string of the molecule is CCN(Cc1cc(=O)n(C)c(=O)n1C)C[C@@H]1COc2ccccc2O1. The van der Waals surface area contributed by atoms with Crippen molar-refractivity contribution in [3.05, 3.63) is 56.9 Å². The number of hydrogen-bond donors (Lipinski definition) is 0. The summed E-state index contributed by atoms with van der Waals surface area (Å²) in [7, 11) is 3.16. The molecule has 1 aromatic carbocycles. The minimum Gasteiger partial charge on any atom is -0.486 e. The predicted molar refractivity (Wildman–Crippen MR) is 94.2 cm³/mol. The normalized spacial score (nSPS) is 16.2. The molecule has 0 aliphatic carbocycles. The second kappa shape index (κ2) is 7.14. The Labute approximate surface area is 146 Å². The Morgan fingerprint density at radius 3 is 2.60 bits per heavy atom. The molecule has 3 rings (SSSR count). The van der Waals surface area contributed by atoms with Gasteiger partial charge in [-0.05, 0) is 18.7 Å². The first-order valence-electron chi connectivity index (χ1n) is 8.36. The Morgan fingerprint density at radius 2 is 1.88 bits per heavy atom. The fraction of sp³-hybridized carbons (Fsp3) is 0.444. The Hall–Kier alpha value is -2.54. The first kappa shape index (κ1) is 17.3. The lowest BCUT2D eigenvalue weighted by Crippen LogP contribution is -2.43. The van der Waals surface area contributed by atoms with Crippen molar-refractivity contribution in [1.82, 2.24) is 14.0 Å². The molecule has 0 bridgehead atoms. The van der Waals surface area contributed by atoms with Gasteiger partial charge in [-0.15, -0.1) is 0 Å². The maximum Gasteiger partial charge on any atom is 0.330 e. The van der Waals surface area contributed by atoms with Crippen LogP contribution in [0.25, 0.3) is 0 Å². The predicted octanol–water partition coefficient (Wildman–Crippen LogP) is 0.746. The second-order valence-electron chi connectivity index (χ2n) is 6.20. The Balaban J connectivity index is 1.72. The van der Waals surface area contributed by atoms with Crippen molar-refractivity contribution in [1.29, 1.82) is 0 Å². The molecule has 2 aromatic rings. The van der Waals surface area contributed by atoms with Crippen LogP contribution in [0.15, 0.2) is 39.9 Å². The molecule has 1 aromatic heterocycles. The summed E-state index contributed by atoms with van der Waals surface area (Å²) in [6, 6.07) is 9.12. The molecule has 0 saturated carbocycles. The number of fused-ring (bicyclic) bond motifs is 1. The van der Waals surface area contributed by atoms with Crippen molar-refractivity contribution in [2.75, 3.05) is 19.7 Å². The van der Waals surface area contributed by atoms with Gasteiger partial charge >= 0.3 is 5.69 Å². The van der Waals surface area contributed by atoms with Gasteiger partial charge in [-0.3, -0.25) is 18.8 Å². The topological polar surface area (TPSA) is 65.7 Å². The van der Waals surface area contributed by atoms with Crippen molar-refractivity contribution >= 4 is 0 Å². The highest BCUT2D eigenvalue weighted by Crippen LogP contribution is 2.31. The molecule has 0 unspecified atom stereocenters. The summed E-state index contributed by atoms with van der Waals surface area (Å²) >= 11 is 0. The van der Waals surface area contributed by atoms with E-state index in [1.54, 1.807) is 7.05 Å². The number of aromatic nitrogens is 2. The molecule has 0 fully saturated rings. The number of rotatable bonds is 5. The molecular formula is C18H23N3O4. The third-order valence-electron chi connectivity index (χ3n) is 4.49. The van der Waals surface area contributed by atoms with Gasteiger partial charge in [0.25, 0.3) is 5.56 Å². The van der Waals surface area contributed by atoms with E-state index in [1.165, 1.54) is 17.7 Å². The minimum absolute atomic E-state index is 0.0987. The van der Waals surface area contributed by atoms with E-state index in [0.29, 0.717) is 25.4 Å². The highest BCUT2D eigenvalue weighted by molar-refractivity contribution is 5.40. The zero-order valence-electron chi connectivity index (χ0n) is 14.8. The Bertz CT molecular complexity index is 871. The van der Waals surface area contributed by atoms with Crippen LogP contribution < -0.4 is 20.7 Å². The highest BCUT2D eigenvalue weighted by atomic mass is 16.6. The van der Waals surface area contributed by atoms with Gasteiger partial charge in [0.05, 0.1) is 0 Å². The Kier molecular flexibility index (Phi) is 4.94. The molecule has 25 heavy (non-hydrogen) atoms. The van der Waals surface area contributed by atoms with E-state index in [1.807, 2.05) is 31.2 Å². The van der Waals surface area contributed by atoms with Gasteiger partial charge in [0.1, 0.15) is 12.7 Å². The van der Waals surface area contributed by atoms with Crippen molar-refractivity contribution in [2.45, 2.75) is 19.6 Å². The molecule has 7 heteroatoms. The van der Waals surface area contributed by atoms with Crippen LogP contribution in [0.1, 0.15) is 12.6 Å². The standard InChI is InChI=1S/C18H23N3O4/c1-4-21(10-13-9-17(22)20(3)18(23)19(13)2)11-14-12-24-15-7-5-6-8-16(15)25-14/h5-9,14H,4,10-12H2,1-3H3/t14-/m1/s1. The summed E-state index contributed by atoms with van der Waals surface area (Å²) < 4.78 is 14.4. The molecule has 1 aliphatic rings. The minimum atomic E-state index is -0.315. The molecule has 0 saturated heterocycles. The van der Waals surface area contributed by atoms with Gasteiger partial charge in [0, 0.05) is 38.9 Å². The molecule has 0 spiro atoms.